The fourth-order valence-electron chi connectivity index (χ4n) is 2.79. The predicted octanol–water partition coefficient (Wildman–Crippen LogP) is 6.38. The molecule has 0 radical (unpaired) electrons. The molecule has 2 rings (SSSR count). The van der Waals surface area contributed by atoms with E-state index in [1.165, 1.54) is 18.4 Å². The van der Waals surface area contributed by atoms with E-state index in [2.05, 4.69) is 20.8 Å². The number of hydrogen-bond acceptors (Lipinski definition) is 4. The Kier molecular flexibility index (Phi) is 8.18. The minimum absolute atomic E-state index is 0.458. The number of benzene rings is 2. The molecule has 0 bridgehead atoms. The van der Waals surface area contributed by atoms with Gasteiger partial charge in [0.05, 0.1) is 13.7 Å². The molecule has 0 N–H and O–H groups in total. The Morgan fingerprint density at radius 3 is 2.30 bits per heavy atom. The molecule has 0 amide bonds. The number of hydrogen-bond donors (Lipinski definition) is 0. The van der Waals surface area contributed by atoms with Gasteiger partial charge in [0.25, 0.3) is 0 Å². The second-order valence-electron chi connectivity index (χ2n) is 6.90. The molecule has 2 aromatic rings. The van der Waals surface area contributed by atoms with Gasteiger partial charge in [0, 0.05) is 5.56 Å². The highest BCUT2D eigenvalue weighted by molar-refractivity contribution is 5.78. The molecule has 0 aliphatic heterocycles. The molecular weight excluding hydrogens is 340 g/mol. The SMILES string of the molecule is CCCCCCOc1c(OC)cc(C=O)cc1Oc1ccc(C(C)C)cc1. The van der Waals surface area contributed by atoms with Gasteiger partial charge >= 0.3 is 0 Å². The van der Waals surface area contributed by atoms with Crippen LogP contribution in [0, 0.1) is 0 Å². The van der Waals surface area contributed by atoms with Crippen molar-refractivity contribution in [1.29, 1.82) is 0 Å². The molecule has 0 fully saturated rings. The molecule has 0 unspecified atom stereocenters. The zero-order chi connectivity index (χ0) is 19.6. The summed E-state index contributed by atoms with van der Waals surface area (Å²) in [5, 5.41) is 0. The van der Waals surface area contributed by atoms with Gasteiger partial charge in [-0.05, 0) is 42.2 Å². The third kappa shape index (κ3) is 6.02. The summed E-state index contributed by atoms with van der Waals surface area (Å²) >= 11 is 0. The van der Waals surface area contributed by atoms with Gasteiger partial charge in [-0.3, -0.25) is 4.79 Å². The van der Waals surface area contributed by atoms with E-state index in [-0.39, 0.29) is 0 Å². The molecule has 0 heterocycles. The molecule has 4 nitrogen and oxygen atoms in total. The quantitative estimate of drug-likeness (QED) is 0.340. The summed E-state index contributed by atoms with van der Waals surface area (Å²) in [5.41, 5.74) is 1.73. The number of ether oxygens (including phenoxy) is 3. The van der Waals surface area contributed by atoms with Crippen molar-refractivity contribution in [3.05, 3.63) is 47.5 Å². The van der Waals surface area contributed by atoms with E-state index < -0.39 is 0 Å². The number of carbonyl (C=O) groups excluding carboxylic acids is 1. The van der Waals surface area contributed by atoms with E-state index in [4.69, 9.17) is 14.2 Å². The van der Waals surface area contributed by atoms with E-state index in [0.717, 1.165) is 19.1 Å². The number of rotatable bonds is 11. The first kappa shape index (κ1) is 20.8. The highest BCUT2D eigenvalue weighted by Gasteiger charge is 2.16. The van der Waals surface area contributed by atoms with Gasteiger partial charge in [-0.1, -0.05) is 52.2 Å². The first-order valence-corrected chi connectivity index (χ1v) is 9.66. The van der Waals surface area contributed by atoms with Crippen LogP contribution in [0.3, 0.4) is 0 Å². The van der Waals surface area contributed by atoms with E-state index in [0.29, 0.717) is 41.1 Å². The van der Waals surface area contributed by atoms with Gasteiger partial charge in [0.2, 0.25) is 5.75 Å². The average molecular weight is 370 g/mol. The summed E-state index contributed by atoms with van der Waals surface area (Å²) < 4.78 is 17.4. The lowest BCUT2D eigenvalue weighted by atomic mass is 10.0. The first-order valence-electron chi connectivity index (χ1n) is 9.66. The Bertz CT molecular complexity index is 720. The van der Waals surface area contributed by atoms with Crippen LogP contribution in [-0.4, -0.2) is 20.0 Å². The van der Waals surface area contributed by atoms with E-state index >= 15 is 0 Å². The van der Waals surface area contributed by atoms with Crippen molar-refractivity contribution in [2.45, 2.75) is 52.4 Å². The lowest BCUT2D eigenvalue weighted by Gasteiger charge is -2.17. The molecule has 0 aliphatic carbocycles. The molecule has 4 heteroatoms. The van der Waals surface area contributed by atoms with Crippen molar-refractivity contribution >= 4 is 6.29 Å². The van der Waals surface area contributed by atoms with Crippen LogP contribution in [0.5, 0.6) is 23.0 Å². The fraction of sp³-hybridized carbons (Fsp3) is 0.435. The van der Waals surface area contributed by atoms with Crippen LogP contribution < -0.4 is 14.2 Å². The maximum Gasteiger partial charge on any atom is 0.204 e. The lowest BCUT2D eigenvalue weighted by molar-refractivity contribution is 0.112. The van der Waals surface area contributed by atoms with Gasteiger partial charge in [0.1, 0.15) is 12.0 Å². The molecule has 0 aliphatic rings. The van der Waals surface area contributed by atoms with Crippen LogP contribution >= 0.6 is 0 Å². The monoisotopic (exact) mass is 370 g/mol. The number of methoxy groups -OCH3 is 1. The normalized spacial score (nSPS) is 10.7. The number of unbranched alkanes of at least 4 members (excludes halogenated alkanes) is 3. The molecule has 0 aromatic heterocycles. The maximum atomic E-state index is 11.3. The van der Waals surface area contributed by atoms with Crippen LogP contribution in [0.2, 0.25) is 0 Å². The van der Waals surface area contributed by atoms with Crippen molar-refractivity contribution < 1.29 is 19.0 Å². The van der Waals surface area contributed by atoms with Crippen LogP contribution in [0.4, 0.5) is 0 Å². The zero-order valence-electron chi connectivity index (χ0n) is 16.8. The summed E-state index contributed by atoms with van der Waals surface area (Å²) in [7, 11) is 1.56. The Hall–Kier alpha value is -2.49. The molecule has 0 spiro atoms. The van der Waals surface area contributed by atoms with Crippen molar-refractivity contribution in [1.82, 2.24) is 0 Å². The molecular formula is C23H30O4. The highest BCUT2D eigenvalue weighted by atomic mass is 16.5. The van der Waals surface area contributed by atoms with Crippen LogP contribution in [-0.2, 0) is 0 Å². The summed E-state index contributed by atoms with van der Waals surface area (Å²) in [6.45, 7) is 7.07. The second-order valence-corrected chi connectivity index (χ2v) is 6.90. The Balaban J connectivity index is 2.24. The van der Waals surface area contributed by atoms with Crippen molar-refractivity contribution in [2.24, 2.45) is 0 Å². The van der Waals surface area contributed by atoms with Gasteiger partial charge < -0.3 is 14.2 Å². The van der Waals surface area contributed by atoms with Gasteiger partial charge in [-0.2, -0.15) is 0 Å². The van der Waals surface area contributed by atoms with Gasteiger partial charge in [-0.15, -0.1) is 0 Å². The lowest BCUT2D eigenvalue weighted by Crippen LogP contribution is -2.02. The summed E-state index contributed by atoms with van der Waals surface area (Å²) in [5.74, 6) is 2.68. The molecule has 2 aromatic carbocycles. The zero-order valence-corrected chi connectivity index (χ0v) is 16.8. The Morgan fingerprint density at radius 2 is 1.70 bits per heavy atom. The molecule has 27 heavy (non-hydrogen) atoms. The minimum Gasteiger partial charge on any atom is -0.493 e. The standard InChI is InChI=1S/C23H30O4/c1-5-6-7-8-13-26-23-21(25-4)14-18(16-24)15-22(23)27-20-11-9-19(10-12-20)17(2)3/h9-12,14-17H,5-8,13H2,1-4H3. The third-order valence-electron chi connectivity index (χ3n) is 4.42. The van der Waals surface area contributed by atoms with Gasteiger partial charge in [0.15, 0.2) is 11.5 Å². The number of carbonyl (C=O) groups is 1. The summed E-state index contributed by atoms with van der Waals surface area (Å²) in [6.07, 6.45) is 5.24. The predicted molar refractivity (Wildman–Crippen MR) is 109 cm³/mol. The Labute approximate surface area is 162 Å². The fourth-order valence-corrected chi connectivity index (χ4v) is 2.79. The van der Waals surface area contributed by atoms with Crippen LogP contribution in [0.1, 0.15) is 68.3 Å². The first-order chi connectivity index (χ1) is 13.1. The van der Waals surface area contributed by atoms with E-state index in [9.17, 15) is 4.79 Å². The van der Waals surface area contributed by atoms with Gasteiger partial charge in [-0.25, -0.2) is 0 Å². The molecule has 0 saturated heterocycles. The van der Waals surface area contributed by atoms with Crippen molar-refractivity contribution in [2.75, 3.05) is 13.7 Å². The smallest absolute Gasteiger partial charge is 0.204 e. The third-order valence-corrected chi connectivity index (χ3v) is 4.42. The summed E-state index contributed by atoms with van der Waals surface area (Å²) in [6, 6.07) is 11.3. The average Bonchev–Trinajstić information content (AvgIpc) is 2.68. The van der Waals surface area contributed by atoms with Crippen LogP contribution in [0.15, 0.2) is 36.4 Å². The Morgan fingerprint density at radius 1 is 1.00 bits per heavy atom. The maximum absolute atomic E-state index is 11.3. The van der Waals surface area contributed by atoms with Crippen LogP contribution in [0.25, 0.3) is 0 Å². The largest absolute Gasteiger partial charge is 0.493 e. The van der Waals surface area contributed by atoms with Crippen molar-refractivity contribution in [3.63, 3.8) is 0 Å². The van der Waals surface area contributed by atoms with Crippen molar-refractivity contribution in [3.8, 4) is 23.0 Å². The number of aldehydes is 1. The van der Waals surface area contributed by atoms with E-state index in [1.807, 2.05) is 24.3 Å². The van der Waals surface area contributed by atoms with E-state index in [1.54, 1.807) is 19.2 Å². The topological polar surface area (TPSA) is 44.8 Å². The molecule has 0 atom stereocenters. The molecule has 0 saturated carbocycles. The summed E-state index contributed by atoms with van der Waals surface area (Å²) in [4.78, 5) is 11.3. The second kappa shape index (κ2) is 10.6. The molecule has 146 valence electrons. The minimum atomic E-state index is 0.458. The highest BCUT2D eigenvalue weighted by Crippen LogP contribution is 2.41.